The van der Waals surface area contributed by atoms with Crippen molar-refractivity contribution in [3.8, 4) is 11.6 Å². The van der Waals surface area contributed by atoms with Gasteiger partial charge in [-0.2, -0.15) is 0 Å². The molecular formula is C19H19BrN4O5S. The zero-order valence-corrected chi connectivity index (χ0v) is 18.7. The number of hydrogen-bond donors (Lipinski definition) is 2. The van der Waals surface area contributed by atoms with Crippen LogP contribution in [0.5, 0.6) is 11.6 Å². The van der Waals surface area contributed by atoms with Crippen LogP contribution in [0.1, 0.15) is 6.92 Å². The van der Waals surface area contributed by atoms with E-state index >= 15 is 0 Å². The lowest BCUT2D eigenvalue weighted by Gasteiger charge is -2.26. The second-order valence-electron chi connectivity index (χ2n) is 6.48. The van der Waals surface area contributed by atoms with Crippen LogP contribution in [0.2, 0.25) is 0 Å². The van der Waals surface area contributed by atoms with Gasteiger partial charge in [0, 0.05) is 9.86 Å². The number of anilines is 1. The van der Waals surface area contributed by atoms with Crippen LogP contribution >= 0.6 is 15.9 Å². The first kappa shape index (κ1) is 21.8. The number of ether oxygens (including phenoxy) is 1. The molecule has 1 atom stereocenters. The van der Waals surface area contributed by atoms with Crippen LogP contribution in [0.3, 0.4) is 0 Å². The molecule has 9 nitrogen and oxygen atoms in total. The largest absolute Gasteiger partial charge is 0.497 e. The van der Waals surface area contributed by atoms with Gasteiger partial charge in [-0.3, -0.25) is 9.10 Å². The monoisotopic (exact) mass is 494 g/mol. The van der Waals surface area contributed by atoms with Crippen LogP contribution in [-0.4, -0.2) is 43.8 Å². The van der Waals surface area contributed by atoms with Gasteiger partial charge in [0.05, 0.1) is 24.6 Å². The van der Waals surface area contributed by atoms with Gasteiger partial charge in [0.15, 0.2) is 5.69 Å². The average Bonchev–Trinajstić information content (AvgIpc) is 3.00. The molecule has 0 spiro atoms. The number of azo groups is 1. The van der Waals surface area contributed by atoms with Crippen molar-refractivity contribution in [2.75, 3.05) is 17.7 Å². The fourth-order valence-electron chi connectivity index (χ4n) is 2.95. The summed E-state index contributed by atoms with van der Waals surface area (Å²) in [6, 6.07) is 10.3. The van der Waals surface area contributed by atoms with Gasteiger partial charge in [0.1, 0.15) is 11.8 Å². The molecular weight excluding hydrogens is 476 g/mol. The number of aromatic hydroxyl groups is 1. The van der Waals surface area contributed by atoms with Gasteiger partial charge in [-0.1, -0.05) is 15.9 Å². The Morgan fingerprint density at radius 2 is 1.90 bits per heavy atom. The number of hydrogen-bond acceptors (Lipinski definition) is 6. The zero-order chi connectivity index (χ0) is 22.1. The Balaban J connectivity index is 1.92. The molecule has 30 heavy (non-hydrogen) atoms. The molecule has 2 N–H and O–H groups in total. The molecule has 3 aromatic rings. The van der Waals surface area contributed by atoms with Crippen LogP contribution in [0.4, 0.5) is 11.4 Å². The molecule has 0 saturated carbocycles. The molecule has 0 aliphatic heterocycles. The number of aromatic nitrogens is 1. The molecule has 3 rings (SSSR count). The number of nitrogens with one attached hydrogen (secondary N) is 1. The summed E-state index contributed by atoms with van der Waals surface area (Å²) in [4.78, 5) is 15.4. The Morgan fingerprint density at radius 1 is 1.23 bits per heavy atom. The lowest BCUT2D eigenvalue weighted by molar-refractivity contribution is -0.119. The summed E-state index contributed by atoms with van der Waals surface area (Å²) in [5, 5.41) is 18.2. The summed E-state index contributed by atoms with van der Waals surface area (Å²) in [6.07, 6.45) is 1.00. The lowest BCUT2D eigenvalue weighted by Crippen LogP contribution is -2.42. The molecule has 2 aromatic carbocycles. The number of carbonyl (C=O) groups is 1. The number of benzene rings is 2. The maximum Gasteiger partial charge on any atom is 0.287 e. The quantitative estimate of drug-likeness (QED) is 0.498. The van der Waals surface area contributed by atoms with E-state index in [2.05, 4.69) is 31.1 Å². The first-order valence-electron chi connectivity index (χ1n) is 8.71. The minimum Gasteiger partial charge on any atom is -0.497 e. The average molecular weight is 495 g/mol. The van der Waals surface area contributed by atoms with Gasteiger partial charge in [0.2, 0.25) is 15.9 Å². The number of methoxy groups -OCH3 is 1. The Morgan fingerprint density at radius 3 is 2.50 bits per heavy atom. The third kappa shape index (κ3) is 4.46. The fraction of sp³-hybridized carbons (Fsp3) is 0.211. The standard InChI is InChI=1S/C19H19BrN4O5S/c1-11(24(30(3,27)28)13-5-7-14(29-2)8-6-13)18(25)23-22-17-15-10-12(20)4-9-16(15)21-19(17)26/h4-11,21,26H,1-3H3/t11-/m1/s1. The van der Waals surface area contributed by atoms with E-state index < -0.39 is 22.0 Å². The van der Waals surface area contributed by atoms with Crippen molar-refractivity contribution in [3.05, 3.63) is 46.9 Å². The van der Waals surface area contributed by atoms with Crippen molar-refractivity contribution >= 4 is 54.1 Å². The molecule has 0 saturated heterocycles. The highest BCUT2D eigenvalue weighted by Crippen LogP contribution is 2.37. The number of aromatic amines is 1. The zero-order valence-electron chi connectivity index (χ0n) is 16.3. The minimum absolute atomic E-state index is 0.0854. The number of nitrogens with zero attached hydrogens (tertiary/aromatic N) is 3. The van der Waals surface area contributed by atoms with E-state index in [0.29, 0.717) is 16.7 Å². The number of H-pyrrole nitrogens is 1. The SMILES string of the molecule is COc1ccc(N([C@H](C)C(=O)N=Nc2c(O)[nH]c3ccc(Br)cc23)S(C)(=O)=O)cc1. The van der Waals surface area contributed by atoms with Crippen LogP contribution in [0.15, 0.2) is 57.2 Å². The van der Waals surface area contributed by atoms with E-state index in [9.17, 15) is 18.3 Å². The summed E-state index contributed by atoms with van der Waals surface area (Å²) in [5.74, 6) is -0.491. The molecule has 1 amide bonds. The second kappa shape index (κ2) is 8.44. The maximum atomic E-state index is 12.6. The lowest BCUT2D eigenvalue weighted by atomic mass is 10.2. The molecule has 0 unspecified atom stereocenters. The fourth-order valence-corrected chi connectivity index (χ4v) is 4.48. The highest BCUT2D eigenvalue weighted by molar-refractivity contribution is 9.10. The van der Waals surface area contributed by atoms with Crippen molar-refractivity contribution < 1.29 is 23.1 Å². The highest BCUT2D eigenvalue weighted by atomic mass is 79.9. The van der Waals surface area contributed by atoms with E-state index in [1.54, 1.807) is 30.3 Å². The van der Waals surface area contributed by atoms with Gasteiger partial charge in [-0.05, 0) is 49.4 Å². The normalized spacial score (nSPS) is 12.9. The highest BCUT2D eigenvalue weighted by Gasteiger charge is 2.29. The van der Waals surface area contributed by atoms with Gasteiger partial charge in [-0.15, -0.1) is 10.2 Å². The molecule has 11 heteroatoms. The predicted molar refractivity (Wildman–Crippen MR) is 117 cm³/mol. The molecule has 0 aliphatic carbocycles. The summed E-state index contributed by atoms with van der Waals surface area (Å²) in [7, 11) is -2.30. The number of fused-ring (bicyclic) bond motifs is 1. The van der Waals surface area contributed by atoms with Crippen LogP contribution < -0.4 is 9.04 Å². The Kier molecular flexibility index (Phi) is 6.13. The maximum absolute atomic E-state index is 12.6. The second-order valence-corrected chi connectivity index (χ2v) is 9.26. The van der Waals surface area contributed by atoms with Gasteiger partial charge in [-0.25, -0.2) is 8.42 Å². The van der Waals surface area contributed by atoms with Crippen molar-refractivity contribution in [1.29, 1.82) is 0 Å². The van der Waals surface area contributed by atoms with Gasteiger partial charge in [0.25, 0.3) is 5.91 Å². The Labute approximate surface area is 181 Å². The Bertz CT molecular complexity index is 1220. The predicted octanol–water partition coefficient (Wildman–Crippen LogP) is 4.11. The number of halogens is 1. The topological polar surface area (TPSA) is 124 Å². The summed E-state index contributed by atoms with van der Waals surface area (Å²) in [6.45, 7) is 1.41. The van der Waals surface area contributed by atoms with E-state index in [1.807, 2.05) is 0 Å². The van der Waals surface area contributed by atoms with E-state index in [-0.39, 0.29) is 17.3 Å². The van der Waals surface area contributed by atoms with Crippen molar-refractivity contribution in [1.82, 2.24) is 4.98 Å². The summed E-state index contributed by atoms with van der Waals surface area (Å²) in [5.41, 5.74) is 0.983. The van der Waals surface area contributed by atoms with Crippen LogP contribution in [0.25, 0.3) is 10.9 Å². The van der Waals surface area contributed by atoms with Crippen LogP contribution in [0, 0.1) is 0 Å². The van der Waals surface area contributed by atoms with E-state index in [4.69, 9.17) is 4.74 Å². The van der Waals surface area contributed by atoms with Crippen molar-refractivity contribution in [2.45, 2.75) is 13.0 Å². The molecule has 158 valence electrons. The third-order valence-corrected chi connectivity index (χ3v) is 6.09. The number of sulfonamides is 1. The van der Waals surface area contributed by atoms with Crippen molar-refractivity contribution in [3.63, 3.8) is 0 Å². The van der Waals surface area contributed by atoms with Crippen LogP contribution in [-0.2, 0) is 14.8 Å². The summed E-state index contributed by atoms with van der Waals surface area (Å²) >= 11 is 3.34. The van der Waals surface area contributed by atoms with Gasteiger partial charge >= 0.3 is 0 Å². The molecule has 1 heterocycles. The third-order valence-electron chi connectivity index (χ3n) is 4.36. The molecule has 0 aliphatic rings. The smallest absolute Gasteiger partial charge is 0.287 e. The number of rotatable bonds is 6. The van der Waals surface area contributed by atoms with Crippen molar-refractivity contribution in [2.24, 2.45) is 10.2 Å². The van der Waals surface area contributed by atoms with E-state index in [1.165, 1.54) is 26.2 Å². The molecule has 1 aromatic heterocycles. The molecule has 0 bridgehead atoms. The molecule has 0 fully saturated rings. The Hall–Kier alpha value is -2.92. The van der Waals surface area contributed by atoms with E-state index in [0.717, 1.165) is 15.0 Å². The minimum atomic E-state index is -3.79. The molecule has 0 radical (unpaired) electrons. The first-order valence-corrected chi connectivity index (χ1v) is 11.3. The first-order chi connectivity index (χ1) is 14.1. The number of amides is 1. The summed E-state index contributed by atoms with van der Waals surface area (Å²) < 4.78 is 31.5. The number of carbonyl (C=O) groups excluding carboxylic acids is 1. The van der Waals surface area contributed by atoms with Gasteiger partial charge < -0.3 is 14.8 Å².